The van der Waals surface area contributed by atoms with Gasteiger partial charge >= 0.3 is 6.01 Å². The summed E-state index contributed by atoms with van der Waals surface area (Å²) >= 11 is 0. The number of aromatic nitrogens is 3. The van der Waals surface area contributed by atoms with Gasteiger partial charge in [0.15, 0.2) is 5.83 Å². The highest BCUT2D eigenvalue weighted by Gasteiger charge is 2.30. The fraction of sp³-hybridized carbons (Fsp3) is 0.290. The van der Waals surface area contributed by atoms with E-state index < -0.39 is 11.7 Å². The van der Waals surface area contributed by atoms with Crippen LogP contribution in [-0.2, 0) is 24.4 Å². The Hall–Kier alpha value is -4.53. The monoisotopic (exact) mass is 538 g/mol. The van der Waals surface area contributed by atoms with Gasteiger partial charge in [0.2, 0.25) is 0 Å². The topological polar surface area (TPSA) is 74.7 Å². The third kappa shape index (κ3) is 5.06. The second-order valence-electron chi connectivity index (χ2n) is 10.2. The average Bonchev–Trinajstić information content (AvgIpc) is 2.99. The van der Waals surface area contributed by atoms with E-state index in [1.54, 1.807) is 6.20 Å². The highest BCUT2D eigenvalue weighted by molar-refractivity contribution is 5.97. The van der Waals surface area contributed by atoms with Gasteiger partial charge in [-0.25, -0.2) is 4.39 Å². The highest BCUT2D eigenvalue weighted by Crippen LogP contribution is 2.35. The van der Waals surface area contributed by atoms with Crippen LogP contribution in [0, 0.1) is 6.92 Å². The zero-order valence-electron chi connectivity index (χ0n) is 22.5. The third-order valence-electron chi connectivity index (χ3n) is 7.63. The molecule has 40 heavy (non-hydrogen) atoms. The molecule has 1 fully saturated rings. The molecule has 4 aromatic rings. The summed E-state index contributed by atoms with van der Waals surface area (Å²) in [5, 5.41) is 2.47. The second kappa shape index (κ2) is 10.9. The Morgan fingerprint density at radius 2 is 1.77 bits per heavy atom. The van der Waals surface area contributed by atoms with Gasteiger partial charge in [0.1, 0.15) is 12.4 Å². The largest absolute Gasteiger partial charge is 0.457 e. The third-order valence-corrected chi connectivity index (χ3v) is 7.63. The van der Waals surface area contributed by atoms with E-state index in [0.717, 1.165) is 35.7 Å². The van der Waals surface area contributed by atoms with Crippen LogP contribution in [0.2, 0.25) is 0 Å². The van der Waals surface area contributed by atoms with E-state index in [4.69, 9.17) is 14.7 Å². The van der Waals surface area contributed by atoms with Crippen molar-refractivity contribution in [3.8, 4) is 6.01 Å². The predicted molar refractivity (Wildman–Crippen MR) is 153 cm³/mol. The van der Waals surface area contributed by atoms with Crippen molar-refractivity contribution in [2.24, 2.45) is 0 Å². The molecule has 2 aliphatic heterocycles. The molecule has 0 N–H and O–H groups in total. The summed E-state index contributed by atoms with van der Waals surface area (Å²) in [6.45, 7) is 8.88. The number of pyridine rings is 1. The predicted octanol–water partition coefficient (Wildman–Crippen LogP) is 4.61. The Bertz CT molecular complexity index is 1560. The van der Waals surface area contributed by atoms with Crippen LogP contribution < -0.4 is 14.5 Å². The summed E-state index contributed by atoms with van der Waals surface area (Å²) in [5.41, 5.74) is 5.24. The SMILES string of the molecule is C=C(F)C(=O)N1CCN(c2nc(OCc3ccccn3)nc3c2CCN(c2cccc4cccc(C)c24)C3)CC1. The smallest absolute Gasteiger partial charge is 0.319 e. The number of amides is 1. The first kappa shape index (κ1) is 25.7. The number of anilines is 2. The molecular weight excluding hydrogens is 507 g/mol. The Balaban J connectivity index is 1.32. The Labute approximate surface area is 232 Å². The van der Waals surface area contributed by atoms with Gasteiger partial charge in [0.05, 0.1) is 17.9 Å². The number of hydrogen-bond donors (Lipinski definition) is 0. The van der Waals surface area contributed by atoms with E-state index >= 15 is 0 Å². The zero-order chi connectivity index (χ0) is 27.6. The van der Waals surface area contributed by atoms with Crippen molar-refractivity contribution in [2.45, 2.75) is 26.5 Å². The molecule has 0 spiro atoms. The molecule has 0 unspecified atom stereocenters. The van der Waals surface area contributed by atoms with E-state index in [1.807, 2.05) is 18.2 Å². The van der Waals surface area contributed by atoms with Crippen LogP contribution in [0.3, 0.4) is 0 Å². The maximum absolute atomic E-state index is 13.5. The molecule has 2 aliphatic rings. The van der Waals surface area contributed by atoms with Crippen molar-refractivity contribution in [3.05, 3.63) is 95.7 Å². The van der Waals surface area contributed by atoms with E-state index in [1.165, 1.54) is 26.9 Å². The Morgan fingerprint density at radius 1 is 0.975 bits per heavy atom. The number of nitrogens with zero attached hydrogens (tertiary/aromatic N) is 6. The highest BCUT2D eigenvalue weighted by atomic mass is 19.1. The number of fused-ring (bicyclic) bond motifs is 2. The van der Waals surface area contributed by atoms with Crippen molar-refractivity contribution in [3.63, 3.8) is 0 Å². The van der Waals surface area contributed by atoms with Gasteiger partial charge in [0, 0.05) is 55.6 Å². The van der Waals surface area contributed by atoms with Gasteiger partial charge in [0.25, 0.3) is 5.91 Å². The molecule has 1 saturated heterocycles. The van der Waals surface area contributed by atoms with E-state index in [0.29, 0.717) is 38.7 Å². The molecule has 0 saturated carbocycles. The first-order chi connectivity index (χ1) is 19.5. The molecule has 0 aliphatic carbocycles. The normalized spacial score (nSPS) is 15.2. The van der Waals surface area contributed by atoms with E-state index in [9.17, 15) is 9.18 Å². The summed E-state index contributed by atoms with van der Waals surface area (Å²) in [7, 11) is 0. The van der Waals surface area contributed by atoms with Crippen LogP contribution in [0.5, 0.6) is 6.01 Å². The lowest BCUT2D eigenvalue weighted by atomic mass is 9.99. The number of rotatable bonds is 6. The molecule has 6 rings (SSSR count). The van der Waals surface area contributed by atoms with Crippen molar-refractivity contribution >= 4 is 28.2 Å². The number of halogens is 1. The van der Waals surface area contributed by atoms with Crippen molar-refractivity contribution in [1.82, 2.24) is 19.9 Å². The number of piperazine rings is 1. The fourth-order valence-electron chi connectivity index (χ4n) is 5.60. The number of carbonyl (C=O) groups excluding carboxylic acids is 1. The second-order valence-corrected chi connectivity index (χ2v) is 10.2. The quantitative estimate of drug-likeness (QED) is 0.332. The van der Waals surface area contributed by atoms with Crippen LogP contribution in [0.4, 0.5) is 15.9 Å². The molecule has 2 aromatic carbocycles. The van der Waals surface area contributed by atoms with Crippen molar-refractivity contribution in [2.75, 3.05) is 42.5 Å². The van der Waals surface area contributed by atoms with Crippen LogP contribution in [-0.4, -0.2) is 58.5 Å². The van der Waals surface area contributed by atoms with E-state index in [-0.39, 0.29) is 6.61 Å². The average molecular weight is 539 g/mol. The summed E-state index contributed by atoms with van der Waals surface area (Å²) in [5.74, 6) is -0.757. The summed E-state index contributed by atoms with van der Waals surface area (Å²) in [6, 6.07) is 18.8. The summed E-state index contributed by atoms with van der Waals surface area (Å²) in [6.07, 6.45) is 2.50. The lowest BCUT2D eigenvalue weighted by molar-refractivity contribution is -0.128. The lowest BCUT2D eigenvalue weighted by Gasteiger charge is -2.38. The van der Waals surface area contributed by atoms with Crippen molar-refractivity contribution < 1.29 is 13.9 Å². The number of benzene rings is 2. The van der Waals surface area contributed by atoms with Gasteiger partial charge in [-0.1, -0.05) is 43.0 Å². The Morgan fingerprint density at radius 3 is 2.52 bits per heavy atom. The number of carbonyl (C=O) groups is 1. The zero-order valence-corrected chi connectivity index (χ0v) is 22.5. The lowest BCUT2D eigenvalue weighted by Crippen LogP contribution is -2.49. The van der Waals surface area contributed by atoms with E-state index in [2.05, 4.69) is 64.7 Å². The van der Waals surface area contributed by atoms with Gasteiger partial charge in [-0.2, -0.15) is 9.97 Å². The summed E-state index contributed by atoms with van der Waals surface area (Å²) < 4.78 is 19.5. The molecule has 9 heteroatoms. The number of hydrogen-bond acceptors (Lipinski definition) is 7. The molecule has 204 valence electrons. The number of aryl methyl sites for hydroxylation is 1. The Kier molecular flexibility index (Phi) is 7.02. The van der Waals surface area contributed by atoms with Gasteiger partial charge in [-0.15, -0.1) is 0 Å². The van der Waals surface area contributed by atoms with Crippen LogP contribution in [0.1, 0.15) is 22.5 Å². The molecule has 1 amide bonds. The first-order valence-corrected chi connectivity index (χ1v) is 13.5. The fourth-order valence-corrected chi connectivity index (χ4v) is 5.60. The first-order valence-electron chi connectivity index (χ1n) is 13.5. The molecule has 4 heterocycles. The minimum atomic E-state index is -0.929. The number of ether oxygens (including phenoxy) is 1. The van der Waals surface area contributed by atoms with Crippen LogP contribution >= 0.6 is 0 Å². The van der Waals surface area contributed by atoms with Crippen LogP contribution in [0.15, 0.2) is 73.2 Å². The molecule has 0 bridgehead atoms. The molecule has 2 aromatic heterocycles. The molecular formula is C31H31FN6O2. The maximum atomic E-state index is 13.5. The molecule has 8 nitrogen and oxygen atoms in total. The van der Waals surface area contributed by atoms with Gasteiger partial charge in [-0.05, 0) is 42.5 Å². The maximum Gasteiger partial charge on any atom is 0.319 e. The minimum absolute atomic E-state index is 0.256. The summed E-state index contributed by atoms with van der Waals surface area (Å²) in [4.78, 5) is 32.2. The van der Waals surface area contributed by atoms with Gasteiger partial charge in [-0.3, -0.25) is 9.78 Å². The van der Waals surface area contributed by atoms with Crippen molar-refractivity contribution in [1.29, 1.82) is 0 Å². The van der Waals surface area contributed by atoms with Crippen LogP contribution in [0.25, 0.3) is 10.8 Å². The molecule has 0 atom stereocenters. The molecule has 0 radical (unpaired) electrons. The van der Waals surface area contributed by atoms with Gasteiger partial charge < -0.3 is 19.4 Å². The standard InChI is InChI=1S/C31H31FN6O2/c1-21-7-5-8-23-9-6-11-27(28(21)23)38-14-12-25-26(19-38)34-31(40-20-24-10-3-4-13-33-24)35-29(25)36-15-17-37(18-16-36)30(39)22(2)32/h3-11,13H,2,12,14-20H2,1H3. The minimum Gasteiger partial charge on any atom is -0.457 e.